The molecule has 26 heavy (non-hydrogen) atoms. The van der Waals surface area contributed by atoms with Crippen LogP contribution in [0.4, 0.5) is 5.69 Å². The van der Waals surface area contributed by atoms with Crippen LogP contribution in [0.1, 0.15) is 5.56 Å². The molecular weight excluding hydrogens is 386 g/mol. The summed E-state index contributed by atoms with van der Waals surface area (Å²) in [7, 11) is -1.32. The van der Waals surface area contributed by atoms with Crippen LogP contribution in [0.25, 0.3) is 0 Å². The summed E-state index contributed by atoms with van der Waals surface area (Å²) in [5.41, 5.74) is -0.0191. The van der Waals surface area contributed by atoms with Crippen LogP contribution >= 0.6 is 11.6 Å². The topological polar surface area (TPSA) is 120 Å². The number of hydrogen-bond acceptors (Lipinski definition) is 7. The molecule has 0 aromatic heterocycles. The van der Waals surface area contributed by atoms with Gasteiger partial charge >= 0.3 is 0 Å². The van der Waals surface area contributed by atoms with E-state index in [2.05, 4.69) is 5.10 Å². The third-order valence-corrected chi connectivity index (χ3v) is 4.78. The van der Waals surface area contributed by atoms with Crippen LogP contribution in [0.3, 0.4) is 0 Å². The second kappa shape index (κ2) is 8.02. The second-order valence-corrected chi connectivity index (χ2v) is 6.87. The average molecular weight is 400 g/mol. The van der Waals surface area contributed by atoms with Crippen LogP contribution in [-0.2, 0) is 10.0 Å². The molecule has 0 saturated heterocycles. The minimum Gasteiger partial charge on any atom is -0.497 e. The van der Waals surface area contributed by atoms with Crippen LogP contribution in [0, 0.1) is 10.1 Å². The van der Waals surface area contributed by atoms with E-state index in [4.69, 9.17) is 21.1 Å². The quantitative estimate of drug-likeness (QED) is 0.434. The molecule has 138 valence electrons. The van der Waals surface area contributed by atoms with Crippen molar-refractivity contribution in [3.63, 3.8) is 0 Å². The smallest absolute Gasteiger partial charge is 0.288 e. The Morgan fingerprint density at radius 1 is 1.19 bits per heavy atom. The Kier molecular flexibility index (Phi) is 6.01. The van der Waals surface area contributed by atoms with Gasteiger partial charge in [0.25, 0.3) is 15.7 Å². The van der Waals surface area contributed by atoms with Crippen LogP contribution in [0.5, 0.6) is 11.5 Å². The zero-order valence-electron chi connectivity index (χ0n) is 13.7. The largest absolute Gasteiger partial charge is 0.497 e. The predicted octanol–water partition coefficient (Wildman–Crippen LogP) is 2.58. The Labute approximate surface area is 154 Å². The van der Waals surface area contributed by atoms with E-state index in [1.54, 1.807) is 6.07 Å². The van der Waals surface area contributed by atoms with Gasteiger partial charge in [-0.2, -0.15) is 18.4 Å². The first-order valence-electron chi connectivity index (χ1n) is 6.99. The number of benzene rings is 2. The van der Waals surface area contributed by atoms with Crippen LogP contribution in [0.2, 0.25) is 5.02 Å². The summed E-state index contributed by atoms with van der Waals surface area (Å²) in [4.78, 5) is 12.1. The molecule has 0 atom stereocenters. The first-order chi connectivity index (χ1) is 12.3. The highest BCUT2D eigenvalue weighted by molar-refractivity contribution is 7.89. The lowest BCUT2D eigenvalue weighted by Gasteiger charge is -2.10. The number of nitro groups is 1. The SMILES string of the molecule is COc1ccc(OC)c(S(=O)(=O)N/N=C/c2ccc(Cl)c([N+](=O)[O-])c2)c1. The molecule has 2 aromatic rings. The van der Waals surface area contributed by atoms with Crippen LogP contribution < -0.4 is 14.3 Å². The lowest BCUT2D eigenvalue weighted by Crippen LogP contribution is -2.19. The lowest BCUT2D eigenvalue weighted by atomic mass is 10.2. The highest BCUT2D eigenvalue weighted by Gasteiger charge is 2.20. The van der Waals surface area contributed by atoms with Gasteiger partial charge in [0.15, 0.2) is 0 Å². The number of nitrogens with one attached hydrogen (secondary N) is 1. The van der Waals surface area contributed by atoms with Gasteiger partial charge < -0.3 is 9.47 Å². The fraction of sp³-hybridized carbons (Fsp3) is 0.133. The van der Waals surface area contributed by atoms with Gasteiger partial charge in [0.2, 0.25) is 0 Å². The van der Waals surface area contributed by atoms with Gasteiger partial charge in [-0.3, -0.25) is 10.1 Å². The molecule has 0 fully saturated rings. The molecule has 2 aromatic carbocycles. The Hall–Kier alpha value is -2.85. The maximum absolute atomic E-state index is 12.4. The van der Waals surface area contributed by atoms with Crippen molar-refractivity contribution < 1.29 is 22.8 Å². The van der Waals surface area contributed by atoms with Crippen molar-refractivity contribution in [3.05, 3.63) is 57.1 Å². The number of nitro benzene ring substituents is 1. The number of hydrazone groups is 1. The fourth-order valence-corrected chi connectivity index (χ4v) is 3.13. The predicted molar refractivity (Wildman–Crippen MR) is 95.6 cm³/mol. The van der Waals surface area contributed by atoms with Crippen molar-refractivity contribution >= 4 is 33.5 Å². The standard InChI is InChI=1S/C15H14ClN3O6S/c1-24-11-4-6-14(25-2)15(8-11)26(22,23)18-17-9-10-3-5-12(16)13(7-10)19(20)21/h3-9,18H,1-2H3/b17-9+. The van der Waals surface area contributed by atoms with Crippen LogP contribution in [-0.4, -0.2) is 33.8 Å². The van der Waals surface area contributed by atoms with Gasteiger partial charge in [-0.05, 0) is 18.2 Å². The Bertz CT molecular complexity index is 962. The summed E-state index contributed by atoms with van der Waals surface area (Å²) in [5.74, 6) is 0.430. The van der Waals surface area contributed by atoms with E-state index in [9.17, 15) is 18.5 Å². The van der Waals surface area contributed by atoms with Crippen molar-refractivity contribution in [2.24, 2.45) is 5.10 Å². The molecule has 9 nitrogen and oxygen atoms in total. The van der Waals surface area contributed by atoms with Crippen molar-refractivity contribution in [3.8, 4) is 11.5 Å². The summed E-state index contributed by atoms with van der Waals surface area (Å²) in [5, 5.41) is 14.5. The third-order valence-electron chi connectivity index (χ3n) is 3.21. The van der Waals surface area contributed by atoms with E-state index in [-0.39, 0.29) is 21.4 Å². The molecule has 2 rings (SSSR count). The number of sulfonamides is 1. The molecule has 0 aliphatic heterocycles. The normalized spacial score (nSPS) is 11.3. The van der Waals surface area contributed by atoms with E-state index in [0.29, 0.717) is 11.3 Å². The molecule has 0 heterocycles. The highest BCUT2D eigenvalue weighted by atomic mass is 35.5. The van der Waals surface area contributed by atoms with Crippen molar-refractivity contribution in [1.29, 1.82) is 0 Å². The molecule has 0 spiro atoms. The lowest BCUT2D eigenvalue weighted by molar-refractivity contribution is -0.384. The Balaban J connectivity index is 2.27. The zero-order valence-corrected chi connectivity index (χ0v) is 15.2. The van der Waals surface area contributed by atoms with Crippen LogP contribution in [0.15, 0.2) is 46.4 Å². The summed E-state index contributed by atoms with van der Waals surface area (Å²) in [6.45, 7) is 0. The second-order valence-electron chi connectivity index (χ2n) is 4.84. The highest BCUT2D eigenvalue weighted by Crippen LogP contribution is 2.28. The minimum absolute atomic E-state index is 0.0335. The molecule has 0 unspecified atom stereocenters. The first-order valence-corrected chi connectivity index (χ1v) is 8.85. The molecular formula is C15H14ClN3O6S. The van der Waals surface area contributed by atoms with E-state index in [0.717, 1.165) is 6.21 Å². The summed E-state index contributed by atoms with van der Waals surface area (Å²) < 4.78 is 34.9. The monoisotopic (exact) mass is 399 g/mol. The van der Waals surface area contributed by atoms with Gasteiger partial charge in [-0.25, -0.2) is 0 Å². The minimum atomic E-state index is -4.05. The third kappa shape index (κ3) is 4.41. The number of rotatable bonds is 7. The summed E-state index contributed by atoms with van der Waals surface area (Å²) in [6, 6.07) is 8.23. The molecule has 0 radical (unpaired) electrons. The zero-order chi connectivity index (χ0) is 19.3. The van der Waals surface area contributed by atoms with E-state index < -0.39 is 14.9 Å². The molecule has 0 aliphatic carbocycles. The molecule has 0 saturated carbocycles. The van der Waals surface area contributed by atoms with E-state index in [1.807, 2.05) is 4.83 Å². The Morgan fingerprint density at radius 3 is 2.54 bits per heavy atom. The number of nitrogens with zero attached hydrogens (tertiary/aromatic N) is 2. The van der Waals surface area contributed by atoms with Gasteiger partial charge in [0, 0.05) is 17.7 Å². The number of hydrogen-bond donors (Lipinski definition) is 1. The van der Waals surface area contributed by atoms with Gasteiger partial charge in [-0.1, -0.05) is 17.7 Å². The summed E-state index contributed by atoms with van der Waals surface area (Å²) in [6.07, 6.45) is 1.12. The fourth-order valence-electron chi connectivity index (χ4n) is 1.96. The van der Waals surface area contributed by atoms with Gasteiger partial charge in [0.1, 0.15) is 21.4 Å². The molecule has 0 amide bonds. The first kappa shape index (κ1) is 19.5. The van der Waals surface area contributed by atoms with E-state index in [1.165, 1.54) is 44.6 Å². The molecule has 0 bridgehead atoms. The van der Waals surface area contributed by atoms with Crippen molar-refractivity contribution in [2.45, 2.75) is 4.90 Å². The average Bonchev–Trinajstić information content (AvgIpc) is 2.62. The van der Waals surface area contributed by atoms with Gasteiger partial charge in [-0.15, -0.1) is 0 Å². The number of halogens is 1. The maximum Gasteiger partial charge on any atom is 0.288 e. The van der Waals surface area contributed by atoms with E-state index >= 15 is 0 Å². The molecule has 11 heteroatoms. The number of methoxy groups -OCH3 is 2. The molecule has 1 N–H and O–H groups in total. The summed E-state index contributed by atoms with van der Waals surface area (Å²) >= 11 is 5.72. The Morgan fingerprint density at radius 2 is 1.92 bits per heavy atom. The van der Waals surface area contributed by atoms with Gasteiger partial charge in [0.05, 0.1) is 25.4 Å². The maximum atomic E-state index is 12.4. The number of ether oxygens (including phenoxy) is 2. The van der Waals surface area contributed by atoms with Crippen molar-refractivity contribution in [1.82, 2.24) is 4.83 Å². The van der Waals surface area contributed by atoms with Crippen molar-refractivity contribution in [2.75, 3.05) is 14.2 Å². The molecule has 0 aliphatic rings.